The number of aryl methyl sites for hydroxylation is 2. The zero-order chi connectivity index (χ0) is 22.9. The number of aliphatic hydroxyl groups excluding tert-OH is 2. The van der Waals surface area contributed by atoms with Gasteiger partial charge >= 0.3 is 10.3 Å². The molecule has 0 aliphatic heterocycles. The topological polar surface area (TPSA) is 160 Å². The van der Waals surface area contributed by atoms with Crippen molar-refractivity contribution >= 4 is 21.9 Å². The van der Waals surface area contributed by atoms with Crippen molar-refractivity contribution in [2.24, 2.45) is 17.0 Å². The quantitative estimate of drug-likeness (QED) is 0.383. The lowest BCUT2D eigenvalue weighted by Crippen LogP contribution is -2.32. The predicted octanol–water partition coefficient (Wildman–Crippen LogP) is 0.874. The third kappa shape index (κ3) is 5.36. The summed E-state index contributed by atoms with van der Waals surface area (Å²) in [4.78, 5) is 8.92. The molecule has 2 aliphatic carbocycles. The Morgan fingerprint density at radius 2 is 1.88 bits per heavy atom. The van der Waals surface area contributed by atoms with Crippen LogP contribution in [-0.2, 0) is 20.9 Å². The van der Waals surface area contributed by atoms with Crippen LogP contribution in [0, 0.1) is 18.8 Å². The van der Waals surface area contributed by atoms with Crippen LogP contribution < -0.4 is 15.8 Å². The number of hydrogen-bond donors (Lipinski definition) is 5. The molecule has 32 heavy (non-hydrogen) atoms. The molecular formula is C21H29N5O5S. The highest BCUT2D eigenvalue weighted by Gasteiger charge is 2.41. The van der Waals surface area contributed by atoms with Gasteiger partial charge in [0.2, 0.25) is 0 Å². The highest BCUT2D eigenvalue weighted by molar-refractivity contribution is 7.84. The Kier molecular flexibility index (Phi) is 6.63. The van der Waals surface area contributed by atoms with E-state index in [1.54, 1.807) is 0 Å². The van der Waals surface area contributed by atoms with Crippen molar-refractivity contribution in [3.05, 3.63) is 47.3 Å². The summed E-state index contributed by atoms with van der Waals surface area (Å²) in [6.45, 7) is 1.90. The summed E-state index contributed by atoms with van der Waals surface area (Å²) in [5, 5.41) is 32.1. The minimum Gasteiger partial charge on any atom is -0.390 e. The lowest BCUT2D eigenvalue weighted by atomic mass is 10.0. The van der Waals surface area contributed by atoms with Gasteiger partial charge in [0, 0.05) is 24.4 Å². The first-order valence-corrected chi connectivity index (χ1v) is 12.1. The Bertz CT molecular complexity index is 1070. The van der Waals surface area contributed by atoms with Gasteiger partial charge in [0.15, 0.2) is 0 Å². The first-order chi connectivity index (χ1) is 15.2. The van der Waals surface area contributed by atoms with Crippen LogP contribution in [0.15, 0.2) is 30.3 Å². The number of hydrogen-bond acceptors (Lipinski definition) is 9. The number of nitrogens with one attached hydrogen (secondary N) is 2. The number of nitrogens with zero attached hydrogens (tertiary/aromatic N) is 2. The van der Waals surface area contributed by atoms with E-state index in [1.807, 2.05) is 19.1 Å². The standard InChI is InChI=1S/C21H29N5O5S/c1-12-24-18(9-19(25-12)26-17-7-6-13-4-2-3-5-16(13)17)23-10-14-8-15(21(28)20(14)27)11-31-32(22,29)30/h2-5,9,14-15,17,20-21,27-28H,6-8,10-11H2,1H3,(H2,22,29,30)(H2,23,24,25,26)/t14-,15+,17-,20-,21+/m0/s1. The smallest absolute Gasteiger partial charge is 0.333 e. The number of anilines is 2. The Morgan fingerprint density at radius 1 is 1.16 bits per heavy atom. The molecule has 1 aromatic heterocycles. The number of aromatic nitrogens is 2. The van der Waals surface area contributed by atoms with Gasteiger partial charge in [0.1, 0.15) is 17.5 Å². The average Bonchev–Trinajstić information content (AvgIpc) is 3.26. The molecule has 4 rings (SSSR count). The molecule has 0 unspecified atom stereocenters. The van der Waals surface area contributed by atoms with E-state index in [0.717, 1.165) is 12.8 Å². The van der Waals surface area contributed by atoms with E-state index in [-0.39, 0.29) is 18.6 Å². The Hall–Kier alpha value is -2.31. The van der Waals surface area contributed by atoms with Gasteiger partial charge in [0.25, 0.3) is 0 Å². The van der Waals surface area contributed by atoms with Gasteiger partial charge in [-0.15, -0.1) is 0 Å². The van der Waals surface area contributed by atoms with Crippen molar-refractivity contribution in [1.29, 1.82) is 0 Å². The Morgan fingerprint density at radius 3 is 2.66 bits per heavy atom. The molecule has 1 fully saturated rings. The Labute approximate surface area is 187 Å². The molecule has 174 valence electrons. The van der Waals surface area contributed by atoms with E-state index in [4.69, 9.17) is 5.14 Å². The van der Waals surface area contributed by atoms with Crippen LogP contribution in [0.5, 0.6) is 0 Å². The molecule has 1 aromatic carbocycles. The van der Waals surface area contributed by atoms with Crippen LogP contribution >= 0.6 is 0 Å². The van der Waals surface area contributed by atoms with Gasteiger partial charge in [-0.3, -0.25) is 4.18 Å². The number of rotatable bonds is 8. The highest BCUT2D eigenvalue weighted by atomic mass is 32.2. The van der Waals surface area contributed by atoms with Crippen molar-refractivity contribution in [3.8, 4) is 0 Å². The van der Waals surface area contributed by atoms with Crippen molar-refractivity contribution in [3.63, 3.8) is 0 Å². The van der Waals surface area contributed by atoms with Crippen LogP contribution in [0.25, 0.3) is 0 Å². The molecule has 0 saturated heterocycles. The molecule has 2 aromatic rings. The zero-order valence-electron chi connectivity index (χ0n) is 17.8. The van der Waals surface area contributed by atoms with Gasteiger partial charge in [-0.25, -0.2) is 15.1 Å². The second kappa shape index (κ2) is 9.28. The number of fused-ring (bicyclic) bond motifs is 1. The third-order valence-corrected chi connectivity index (χ3v) is 6.67. The first-order valence-electron chi connectivity index (χ1n) is 10.7. The van der Waals surface area contributed by atoms with Crippen molar-refractivity contribution < 1.29 is 22.8 Å². The van der Waals surface area contributed by atoms with Gasteiger partial charge < -0.3 is 20.8 Å². The van der Waals surface area contributed by atoms with E-state index in [1.165, 1.54) is 11.1 Å². The molecule has 2 aliphatic rings. The fourth-order valence-corrected chi connectivity index (χ4v) is 5.00. The minimum atomic E-state index is -4.10. The van der Waals surface area contributed by atoms with Crippen LogP contribution in [-0.4, -0.2) is 54.0 Å². The fourth-order valence-electron chi connectivity index (χ4n) is 4.63. The summed E-state index contributed by atoms with van der Waals surface area (Å²) < 4.78 is 26.6. The van der Waals surface area contributed by atoms with Crippen molar-refractivity contribution in [1.82, 2.24) is 9.97 Å². The summed E-state index contributed by atoms with van der Waals surface area (Å²) in [6.07, 6.45) is 0.321. The molecule has 10 nitrogen and oxygen atoms in total. The molecule has 0 amide bonds. The van der Waals surface area contributed by atoms with Crippen LogP contribution in [0.3, 0.4) is 0 Å². The maximum atomic E-state index is 11.0. The highest BCUT2D eigenvalue weighted by Crippen LogP contribution is 2.34. The van der Waals surface area contributed by atoms with E-state index in [9.17, 15) is 18.6 Å². The number of aliphatic hydroxyl groups is 2. The fraction of sp³-hybridized carbons (Fsp3) is 0.524. The molecule has 0 spiro atoms. The van der Waals surface area contributed by atoms with E-state index in [0.29, 0.717) is 30.4 Å². The molecule has 1 saturated carbocycles. The van der Waals surface area contributed by atoms with Gasteiger partial charge in [0.05, 0.1) is 24.9 Å². The maximum absolute atomic E-state index is 11.0. The number of benzene rings is 1. The third-order valence-electron chi connectivity index (χ3n) is 6.21. The lowest BCUT2D eigenvalue weighted by molar-refractivity contribution is -0.00162. The lowest BCUT2D eigenvalue weighted by Gasteiger charge is -2.19. The number of nitrogens with two attached hydrogens (primary N) is 1. The van der Waals surface area contributed by atoms with Gasteiger partial charge in [-0.1, -0.05) is 24.3 Å². The molecule has 0 bridgehead atoms. The van der Waals surface area contributed by atoms with Crippen LogP contribution in [0.2, 0.25) is 0 Å². The van der Waals surface area contributed by atoms with Gasteiger partial charge in [-0.05, 0) is 37.3 Å². The van der Waals surface area contributed by atoms with E-state index in [2.05, 4.69) is 43.0 Å². The molecule has 6 N–H and O–H groups in total. The minimum absolute atomic E-state index is 0.194. The SMILES string of the molecule is Cc1nc(NC[C@@H]2C[C@H](COS(N)(=O)=O)[C@@H](O)[C@H]2O)cc(N[C@H]2CCc3ccccc32)n1. The molecular weight excluding hydrogens is 434 g/mol. The van der Waals surface area contributed by atoms with Crippen molar-refractivity contribution in [2.75, 3.05) is 23.8 Å². The second-order valence-corrected chi connectivity index (χ2v) is 9.74. The maximum Gasteiger partial charge on any atom is 0.333 e. The van der Waals surface area contributed by atoms with Crippen LogP contribution in [0.1, 0.15) is 35.8 Å². The molecule has 11 heteroatoms. The molecule has 0 radical (unpaired) electrons. The summed E-state index contributed by atoms with van der Waals surface area (Å²) in [5.74, 6) is 1.11. The monoisotopic (exact) mass is 463 g/mol. The second-order valence-electron chi connectivity index (χ2n) is 8.52. The average molecular weight is 464 g/mol. The first kappa shape index (κ1) is 22.9. The van der Waals surface area contributed by atoms with Gasteiger partial charge in [-0.2, -0.15) is 8.42 Å². The van der Waals surface area contributed by atoms with Crippen LogP contribution in [0.4, 0.5) is 11.6 Å². The Balaban J connectivity index is 1.37. The van der Waals surface area contributed by atoms with E-state index >= 15 is 0 Å². The zero-order valence-corrected chi connectivity index (χ0v) is 18.6. The summed E-state index contributed by atoms with van der Waals surface area (Å²) in [6, 6.07) is 10.4. The molecule has 5 atom stereocenters. The molecule has 1 heterocycles. The normalized spacial score (nSPS) is 27.3. The largest absolute Gasteiger partial charge is 0.390 e. The summed E-state index contributed by atoms with van der Waals surface area (Å²) in [5.41, 5.74) is 2.64. The van der Waals surface area contributed by atoms with E-state index < -0.39 is 28.4 Å². The summed E-state index contributed by atoms with van der Waals surface area (Å²) >= 11 is 0. The predicted molar refractivity (Wildman–Crippen MR) is 119 cm³/mol. The summed E-state index contributed by atoms with van der Waals surface area (Å²) in [7, 11) is -4.10. The van der Waals surface area contributed by atoms with Crippen molar-refractivity contribution in [2.45, 2.75) is 44.4 Å².